The Morgan fingerprint density at radius 2 is 1.92 bits per heavy atom. The molecule has 1 rings (SSSR count). The summed E-state index contributed by atoms with van der Waals surface area (Å²) in [6, 6.07) is 7.34. The average Bonchev–Trinajstić information content (AvgIpc) is 2.50. The SMILES string of the molecule is COc1ccccc1CC(CNC(=O)CCCC(C)(C)C)C(=O)O. The number of methoxy groups -OCH3 is 1. The second-order valence-corrected chi connectivity index (χ2v) is 7.27. The van der Waals surface area contributed by atoms with Crippen LogP contribution in [0.1, 0.15) is 45.6 Å². The summed E-state index contributed by atoms with van der Waals surface area (Å²) >= 11 is 0. The van der Waals surface area contributed by atoms with Crippen LogP contribution in [0.15, 0.2) is 24.3 Å². The van der Waals surface area contributed by atoms with Gasteiger partial charge in [-0.05, 0) is 36.3 Å². The molecule has 0 aliphatic rings. The second kappa shape index (κ2) is 9.30. The van der Waals surface area contributed by atoms with Gasteiger partial charge in [-0.25, -0.2) is 0 Å². The van der Waals surface area contributed by atoms with Gasteiger partial charge in [0, 0.05) is 13.0 Å². The minimum Gasteiger partial charge on any atom is -0.496 e. The Labute approximate surface area is 144 Å². The van der Waals surface area contributed by atoms with Crippen molar-refractivity contribution in [3.8, 4) is 5.75 Å². The molecule has 1 unspecified atom stereocenters. The summed E-state index contributed by atoms with van der Waals surface area (Å²) in [7, 11) is 1.56. The fourth-order valence-corrected chi connectivity index (χ4v) is 2.49. The molecule has 5 nitrogen and oxygen atoms in total. The Morgan fingerprint density at radius 3 is 2.50 bits per heavy atom. The zero-order chi connectivity index (χ0) is 18.2. The molecular formula is C19H29NO4. The summed E-state index contributed by atoms with van der Waals surface area (Å²) in [5.41, 5.74) is 1.03. The van der Waals surface area contributed by atoms with Gasteiger partial charge in [-0.3, -0.25) is 9.59 Å². The molecule has 0 radical (unpaired) electrons. The van der Waals surface area contributed by atoms with Gasteiger partial charge in [0.05, 0.1) is 13.0 Å². The molecule has 0 aliphatic heterocycles. The number of nitrogens with one attached hydrogen (secondary N) is 1. The lowest BCUT2D eigenvalue weighted by atomic mass is 9.90. The molecule has 1 atom stereocenters. The van der Waals surface area contributed by atoms with Crippen LogP contribution in [0.4, 0.5) is 0 Å². The Kier molecular flexibility index (Phi) is 7.75. The Hall–Kier alpha value is -2.04. The normalized spacial score (nSPS) is 12.5. The Balaban J connectivity index is 2.52. The average molecular weight is 335 g/mol. The van der Waals surface area contributed by atoms with Gasteiger partial charge in [0.25, 0.3) is 0 Å². The van der Waals surface area contributed by atoms with Crippen molar-refractivity contribution in [3.63, 3.8) is 0 Å². The molecule has 2 N–H and O–H groups in total. The van der Waals surface area contributed by atoms with E-state index in [1.807, 2.05) is 18.2 Å². The van der Waals surface area contributed by atoms with E-state index in [-0.39, 0.29) is 17.9 Å². The van der Waals surface area contributed by atoms with Gasteiger partial charge in [-0.1, -0.05) is 39.0 Å². The number of aliphatic carboxylic acids is 1. The minimum atomic E-state index is -0.920. The highest BCUT2D eigenvalue weighted by Crippen LogP contribution is 2.22. The first-order chi connectivity index (χ1) is 11.2. The highest BCUT2D eigenvalue weighted by atomic mass is 16.5. The first-order valence-electron chi connectivity index (χ1n) is 8.34. The maximum Gasteiger partial charge on any atom is 0.308 e. The van der Waals surface area contributed by atoms with Crippen LogP contribution >= 0.6 is 0 Å². The van der Waals surface area contributed by atoms with Crippen LogP contribution in [0.2, 0.25) is 0 Å². The fraction of sp³-hybridized carbons (Fsp3) is 0.579. The number of hydrogen-bond acceptors (Lipinski definition) is 3. The molecule has 134 valence electrons. The van der Waals surface area contributed by atoms with Crippen molar-refractivity contribution >= 4 is 11.9 Å². The van der Waals surface area contributed by atoms with Gasteiger partial charge in [-0.2, -0.15) is 0 Å². The molecular weight excluding hydrogens is 306 g/mol. The largest absolute Gasteiger partial charge is 0.496 e. The van der Waals surface area contributed by atoms with Crippen molar-refractivity contribution in [3.05, 3.63) is 29.8 Å². The van der Waals surface area contributed by atoms with Crippen LogP contribution in [0, 0.1) is 11.3 Å². The smallest absolute Gasteiger partial charge is 0.308 e. The van der Waals surface area contributed by atoms with E-state index in [0.29, 0.717) is 18.6 Å². The van der Waals surface area contributed by atoms with Crippen LogP contribution in [-0.4, -0.2) is 30.6 Å². The van der Waals surface area contributed by atoms with E-state index in [1.54, 1.807) is 13.2 Å². The summed E-state index contributed by atoms with van der Waals surface area (Å²) in [4.78, 5) is 23.4. The first-order valence-corrected chi connectivity index (χ1v) is 8.34. The molecule has 0 aliphatic carbocycles. The van der Waals surface area contributed by atoms with Gasteiger partial charge in [0.15, 0.2) is 0 Å². The number of rotatable bonds is 9. The molecule has 1 aromatic rings. The monoisotopic (exact) mass is 335 g/mol. The molecule has 0 spiro atoms. The predicted octanol–water partition coefficient (Wildman–Crippen LogP) is 3.27. The summed E-state index contributed by atoms with van der Waals surface area (Å²) in [5, 5.41) is 12.1. The molecule has 0 saturated heterocycles. The van der Waals surface area contributed by atoms with E-state index in [0.717, 1.165) is 18.4 Å². The van der Waals surface area contributed by atoms with E-state index < -0.39 is 11.9 Å². The summed E-state index contributed by atoms with van der Waals surface area (Å²) < 4.78 is 5.26. The van der Waals surface area contributed by atoms with Crippen LogP contribution in [0.5, 0.6) is 5.75 Å². The van der Waals surface area contributed by atoms with Crippen molar-refractivity contribution in [2.75, 3.05) is 13.7 Å². The maximum atomic E-state index is 11.9. The quantitative estimate of drug-likeness (QED) is 0.726. The predicted molar refractivity (Wildman–Crippen MR) is 94.1 cm³/mol. The highest BCUT2D eigenvalue weighted by molar-refractivity contribution is 5.77. The third-order valence-electron chi connectivity index (χ3n) is 3.88. The van der Waals surface area contributed by atoms with Gasteiger partial charge in [0.2, 0.25) is 5.91 Å². The molecule has 1 amide bonds. The second-order valence-electron chi connectivity index (χ2n) is 7.27. The molecule has 1 aromatic carbocycles. The van der Waals surface area contributed by atoms with Crippen LogP contribution in [-0.2, 0) is 16.0 Å². The van der Waals surface area contributed by atoms with Crippen molar-refractivity contribution in [2.45, 2.75) is 46.5 Å². The van der Waals surface area contributed by atoms with Crippen LogP contribution < -0.4 is 10.1 Å². The van der Waals surface area contributed by atoms with Crippen molar-refractivity contribution < 1.29 is 19.4 Å². The van der Waals surface area contributed by atoms with Crippen molar-refractivity contribution in [2.24, 2.45) is 11.3 Å². The lowest BCUT2D eigenvalue weighted by molar-refractivity contribution is -0.141. The maximum absolute atomic E-state index is 11.9. The van der Waals surface area contributed by atoms with Crippen molar-refractivity contribution in [1.29, 1.82) is 0 Å². The highest BCUT2D eigenvalue weighted by Gasteiger charge is 2.21. The van der Waals surface area contributed by atoms with E-state index in [1.165, 1.54) is 0 Å². The molecule has 0 saturated carbocycles. The van der Waals surface area contributed by atoms with E-state index in [9.17, 15) is 14.7 Å². The van der Waals surface area contributed by atoms with Gasteiger partial charge in [-0.15, -0.1) is 0 Å². The van der Waals surface area contributed by atoms with E-state index in [2.05, 4.69) is 26.1 Å². The third-order valence-corrected chi connectivity index (χ3v) is 3.88. The van der Waals surface area contributed by atoms with E-state index in [4.69, 9.17) is 4.74 Å². The fourth-order valence-electron chi connectivity index (χ4n) is 2.49. The Bertz CT molecular complexity index is 549. The summed E-state index contributed by atoms with van der Waals surface area (Å²) in [6.45, 7) is 6.54. The number of carbonyl (C=O) groups excluding carboxylic acids is 1. The van der Waals surface area contributed by atoms with Crippen LogP contribution in [0.25, 0.3) is 0 Å². The number of carbonyl (C=O) groups is 2. The number of para-hydroxylation sites is 1. The molecule has 0 fully saturated rings. The number of hydrogen-bond donors (Lipinski definition) is 2. The summed E-state index contributed by atoms with van der Waals surface area (Å²) in [5.74, 6) is -1.02. The van der Waals surface area contributed by atoms with Gasteiger partial charge in [0.1, 0.15) is 5.75 Å². The number of ether oxygens (including phenoxy) is 1. The lowest BCUT2D eigenvalue weighted by Crippen LogP contribution is -2.34. The number of carboxylic acid groups (broad SMARTS) is 1. The number of amides is 1. The summed E-state index contributed by atoms with van der Waals surface area (Å²) in [6.07, 6.45) is 2.52. The van der Waals surface area contributed by atoms with E-state index >= 15 is 0 Å². The number of benzene rings is 1. The Morgan fingerprint density at radius 1 is 1.25 bits per heavy atom. The molecule has 0 aromatic heterocycles. The standard InChI is InChI=1S/C19H29NO4/c1-19(2,3)11-7-10-17(21)20-13-15(18(22)23)12-14-8-5-6-9-16(14)24-4/h5-6,8-9,15H,7,10-13H2,1-4H3,(H,20,21)(H,22,23). The lowest BCUT2D eigenvalue weighted by Gasteiger charge is -2.18. The zero-order valence-electron chi connectivity index (χ0n) is 15.1. The topological polar surface area (TPSA) is 75.6 Å². The third kappa shape index (κ3) is 7.49. The van der Waals surface area contributed by atoms with Gasteiger partial charge < -0.3 is 15.2 Å². The number of carboxylic acids is 1. The molecule has 5 heteroatoms. The molecule has 0 heterocycles. The van der Waals surface area contributed by atoms with Gasteiger partial charge >= 0.3 is 5.97 Å². The van der Waals surface area contributed by atoms with Crippen molar-refractivity contribution in [1.82, 2.24) is 5.32 Å². The zero-order valence-corrected chi connectivity index (χ0v) is 15.1. The first kappa shape index (κ1) is 20.0. The minimum absolute atomic E-state index is 0.0921. The van der Waals surface area contributed by atoms with Crippen LogP contribution in [0.3, 0.4) is 0 Å². The molecule has 0 bridgehead atoms. The molecule has 24 heavy (non-hydrogen) atoms.